The van der Waals surface area contributed by atoms with E-state index in [1.165, 1.54) is 0 Å². The number of Topliss-reactive ketones (excluding diaryl/α,β-unsaturated/α-hetero) is 1. The van der Waals surface area contributed by atoms with Gasteiger partial charge >= 0.3 is 0 Å². The van der Waals surface area contributed by atoms with Crippen molar-refractivity contribution in [3.8, 4) is 0 Å². The topological polar surface area (TPSA) is 17.1 Å². The molecular weight excluding hydrogens is 204 g/mol. The number of rotatable bonds is 0. The fourth-order valence-electron chi connectivity index (χ4n) is 1.44. The Hall–Kier alpha value is -0.470. The molecule has 1 aromatic carbocycles. The van der Waals surface area contributed by atoms with E-state index < -0.39 is 0 Å². The number of carbonyl (C=O) groups is 1. The van der Waals surface area contributed by atoms with E-state index in [1.807, 2.05) is 25.1 Å². The molecule has 1 unspecified atom stereocenters. The van der Waals surface area contributed by atoms with Crippen molar-refractivity contribution in [1.29, 1.82) is 0 Å². The van der Waals surface area contributed by atoms with Crippen molar-refractivity contribution in [2.45, 2.75) is 17.9 Å². The Morgan fingerprint density at radius 1 is 1.54 bits per heavy atom. The fourth-order valence-corrected chi connectivity index (χ4v) is 2.77. The zero-order chi connectivity index (χ0) is 9.42. The van der Waals surface area contributed by atoms with Crippen molar-refractivity contribution in [2.75, 3.05) is 0 Å². The first kappa shape index (κ1) is 9.10. The molecule has 68 valence electrons. The molecule has 0 aromatic heterocycles. The van der Waals surface area contributed by atoms with Gasteiger partial charge in [0, 0.05) is 16.3 Å². The number of hydrogen-bond donors (Lipinski definition) is 0. The van der Waals surface area contributed by atoms with Crippen molar-refractivity contribution in [3.63, 3.8) is 0 Å². The van der Waals surface area contributed by atoms with Crippen LogP contribution in [0.3, 0.4) is 0 Å². The van der Waals surface area contributed by atoms with Gasteiger partial charge < -0.3 is 0 Å². The molecule has 1 aliphatic heterocycles. The SMILES string of the molecule is CC1SCc2c(Cl)cccc2C1=O. The van der Waals surface area contributed by atoms with Gasteiger partial charge in [-0.1, -0.05) is 23.7 Å². The molecule has 0 amide bonds. The summed E-state index contributed by atoms with van der Waals surface area (Å²) >= 11 is 7.64. The quantitative estimate of drug-likeness (QED) is 0.657. The zero-order valence-corrected chi connectivity index (χ0v) is 8.78. The Morgan fingerprint density at radius 2 is 2.31 bits per heavy atom. The first-order valence-corrected chi connectivity index (χ1v) is 5.56. The number of thioether (sulfide) groups is 1. The Balaban J connectivity index is 2.55. The number of hydrogen-bond acceptors (Lipinski definition) is 2. The molecule has 3 heteroatoms. The lowest BCUT2D eigenvalue weighted by atomic mass is 10.0. The average molecular weight is 213 g/mol. The van der Waals surface area contributed by atoms with Crippen LogP contribution < -0.4 is 0 Å². The summed E-state index contributed by atoms with van der Waals surface area (Å²) in [5.74, 6) is 1.05. The molecule has 1 atom stereocenters. The molecule has 0 aliphatic carbocycles. The minimum atomic E-state index is 0.0750. The van der Waals surface area contributed by atoms with Gasteiger partial charge in [0.2, 0.25) is 0 Å². The highest BCUT2D eigenvalue weighted by Gasteiger charge is 2.25. The predicted octanol–water partition coefficient (Wildman–Crippen LogP) is 3.16. The lowest BCUT2D eigenvalue weighted by molar-refractivity contribution is 0.0991. The van der Waals surface area contributed by atoms with Gasteiger partial charge in [-0.05, 0) is 18.6 Å². The van der Waals surface area contributed by atoms with Crippen molar-refractivity contribution in [1.82, 2.24) is 0 Å². The van der Waals surface area contributed by atoms with Crippen LogP contribution >= 0.6 is 23.4 Å². The van der Waals surface area contributed by atoms with Crippen LogP contribution in [0.25, 0.3) is 0 Å². The highest BCUT2D eigenvalue weighted by molar-refractivity contribution is 8.00. The van der Waals surface area contributed by atoms with Crippen LogP contribution in [0, 0.1) is 0 Å². The van der Waals surface area contributed by atoms with Gasteiger partial charge in [-0.25, -0.2) is 0 Å². The second-order valence-corrected chi connectivity index (χ2v) is 4.82. The summed E-state index contributed by atoms with van der Waals surface area (Å²) in [6, 6.07) is 5.53. The second-order valence-electron chi connectivity index (χ2n) is 3.08. The van der Waals surface area contributed by atoms with E-state index in [9.17, 15) is 4.79 Å². The molecule has 0 N–H and O–H groups in total. The molecule has 0 saturated heterocycles. The molecule has 0 spiro atoms. The van der Waals surface area contributed by atoms with Crippen LogP contribution in [-0.4, -0.2) is 11.0 Å². The molecule has 0 saturated carbocycles. The number of halogens is 1. The third-order valence-corrected chi connectivity index (χ3v) is 3.75. The largest absolute Gasteiger partial charge is 0.293 e. The van der Waals surface area contributed by atoms with Crippen molar-refractivity contribution < 1.29 is 4.79 Å². The van der Waals surface area contributed by atoms with E-state index in [0.29, 0.717) is 5.02 Å². The van der Waals surface area contributed by atoms with Gasteiger partial charge in [0.1, 0.15) is 0 Å². The maximum absolute atomic E-state index is 11.7. The average Bonchev–Trinajstić information content (AvgIpc) is 2.12. The molecule has 0 fully saturated rings. The third-order valence-electron chi connectivity index (χ3n) is 2.23. The summed E-state index contributed by atoms with van der Waals surface area (Å²) in [6.07, 6.45) is 0. The molecule has 13 heavy (non-hydrogen) atoms. The van der Waals surface area contributed by atoms with Crippen LogP contribution in [0.2, 0.25) is 5.02 Å². The van der Waals surface area contributed by atoms with E-state index in [0.717, 1.165) is 16.9 Å². The summed E-state index contributed by atoms with van der Waals surface area (Å²) in [7, 11) is 0. The fraction of sp³-hybridized carbons (Fsp3) is 0.300. The zero-order valence-electron chi connectivity index (χ0n) is 7.21. The molecule has 1 aliphatic rings. The highest BCUT2D eigenvalue weighted by Crippen LogP contribution is 2.33. The molecule has 2 rings (SSSR count). The van der Waals surface area contributed by atoms with E-state index in [4.69, 9.17) is 11.6 Å². The van der Waals surface area contributed by atoms with E-state index in [1.54, 1.807) is 11.8 Å². The maximum Gasteiger partial charge on any atom is 0.175 e. The van der Waals surface area contributed by atoms with E-state index in [-0.39, 0.29) is 11.0 Å². The van der Waals surface area contributed by atoms with Crippen LogP contribution in [0.1, 0.15) is 22.8 Å². The minimum absolute atomic E-state index is 0.0750. The molecule has 1 nitrogen and oxygen atoms in total. The van der Waals surface area contributed by atoms with Gasteiger partial charge in [-0.2, -0.15) is 0 Å². The first-order chi connectivity index (χ1) is 6.20. The molecular formula is C10H9ClOS. The second kappa shape index (κ2) is 3.35. The summed E-state index contributed by atoms with van der Waals surface area (Å²) in [4.78, 5) is 11.7. The maximum atomic E-state index is 11.7. The summed E-state index contributed by atoms with van der Waals surface area (Å²) in [5, 5.41) is 0.788. The Labute approximate surface area is 86.5 Å². The van der Waals surface area contributed by atoms with Crippen LogP contribution in [0.4, 0.5) is 0 Å². The Bertz CT molecular complexity index is 362. The van der Waals surface area contributed by atoms with Crippen LogP contribution in [0.15, 0.2) is 18.2 Å². The van der Waals surface area contributed by atoms with Gasteiger partial charge in [0.25, 0.3) is 0 Å². The monoisotopic (exact) mass is 212 g/mol. The number of benzene rings is 1. The van der Waals surface area contributed by atoms with Gasteiger partial charge in [-0.15, -0.1) is 11.8 Å². The standard InChI is InChI=1S/C10H9ClOS/c1-6-10(12)7-3-2-4-9(11)8(7)5-13-6/h2-4,6H,5H2,1H3. The van der Waals surface area contributed by atoms with Crippen molar-refractivity contribution in [2.24, 2.45) is 0 Å². The smallest absolute Gasteiger partial charge is 0.175 e. The van der Waals surface area contributed by atoms with Gasteiger partial charge in [0.05, 0.1) is 5.25 Å². The Morgan fingerprint density at radius 3 is 3.08 bits per heavy atom. The summed E-state index contributed by atoms with van der Waals surface area (Å²) < 4.78 is 0. The van der Waals surface area contributed by atoms with E-state index in [2.05, 4.69) is 0 Å². The lowest BCUT2D eigenvalue weighted by Gasteiger charge is -2.20. The first-order valence-electron chi connectivity index (χ1n) is 4.13. The van der Waals surface area contributed by atoms with Gasteiger partial charge in [0.15, 0.2) is 5.78 Å². The number of fused-ring (bicyclic) bond motifs is 1. The van der Waals surface area contributed by atoms with E-state index >= 15 is 0 Å². The molecule has 1 aromatic rings. The highest BCUT2D eigenvalue weighted by atomic mass is 35.5. The van der Waals surface area contributed by atoms with Crippen LogP contribution in [-0.2, 0) is 5.75 Å². The molecule has 1 heterocycles. The number of carbonyl (C=O) groups excluding carboxylic acids is 1. The predicted molar refractivity (Wildman–Crippen MR) is 56.5 cm³/mol. The van der Waals surface area contributed by atoms with Crippen molar-refractivity contribution in [3.05, 3.63) is 34.3 Å². The summed E-state index contributed by atoms with van der Waals surface area (Å²) in [6.45, 7) is 1.94. The summed E-state index contributed by atoms with van der Waals surface area (Å²) in [5.41, 5.74) is 1.80. The number of ketones is 1. The van der Waals surface area contributed by atoms with Gasteiger partial charge in [-0.3, -0.25) is 4.79 Å². The normalized spacial score (nSPS) is 21.4. The lowest BCUT2D eigenvalue weighted by Crippen LogP contribution is -2.20. The Kier molecular flexibility index (Phi) is 2.35. The molecule has 0 bridgehead atoms. The minimum Gasteiger partial charge on any atom is -0.293 e. The third kappa shape index (κ3) is 1.49. The van der Waals surface area contributed by atoms with Crippen molar-refractivity contribution >= 4 is 29.1 Å². The van der Waals surface area contributed by atoms with Crippen LogP contribution in [0.5, 0.6) is 0 Å². The molecule has 0 radical (unpaired) electrons.